The molecule has 12 heteroatoms. The average molecular weight is 535 g/mol. The number of aryl methyl sites for hydroxylation is 2. The van der Waals surface area contributed by atoms with Gasteiger partial charge in [-0.1, -0.05) is 0 Å². The number of carboxylic acids is 1. The van der Waals surface area contributed by atoms with Gasteiger partial charge >= 0.3 is 12.1 Å². The third kappa shape index (κ3) is 6.31. The number of anilines is 2. The quantitative estimate of drug-likeness (QED) is 0.388. The molecule has 1 saturated heterocycles. The predicted molar refractivity (Wildman–Crippen MR) is 132 cm³/mol. The summed E-state index contributed by atoms with van der Waals surface area (Å²) < 4.78 is 57.8. The lowest BCUT2D eigenvalue weighted by molar-refractivity contribution is -0.147. The van der Waals surface area contributed by atoms with Crippen molar-refractivity contribution in [2.45, 2.75) is 33.0 Å². The summed E-state index contributed by atoms with van der Waals surface area (Å²) in [4.78, 5) is 30.4. The zero-order chi connectivity index (χ0) is 27.6. The highest BCUT2D eigenvalue weighted by molar-refractivity contribution is 5.71. The molecule has 0 amide bonds. The van der Waals surface area contributed by atoms with Gasteiger partial charge in [0.1, 0.15) is 11.6 Å². The number of hydrogen-bond acceptors (Lipinski definition) is 6. The normalized spacial score (nSPS) is 14.3. The third-order valence-electron chi connectivity index (χ3n) is 6.33. The van der Waals surface area contributed by atoms with Crippen LogP contribution in [0.5, 0.6) is 5.75 Å². The summed E-state index contributed by atoms with van der Waals surface area (Å²) in [5.41, 5.74) is 3.04. The van der Waals surface area contributed by atoms with Crippen molar-refractivity contribution in [1.29, 1.82) is 0 Å². The number of nitrogens with one attached hydrogen (secondary N) is 1. The van der Waals surface area contributed by atoms with Crippen LogP contribution in [0.15, 0.2) is 47.5 Å². The maximum absolute atomic E-state index is 13.7. The Hall–Kier alpha value is -3.93. The summed E-state index contributed by atoms with van der Waals surface area (Å²) in [5.74, 6) is -2.17. The minimum atomic E-state index is -4.43. The number of aromatic nitrogens is 2. The second kappa shape index (κ2) is 10.8. The van der Waals surface area contributed by atoms with E-state index in [2.05, 4.69) is 10.3 Å². The molecule has 1 aromatic heterocycles. The third-order valence-corrected chi connectivity index (χ3v) is 6.33. The molecule has 0 spiro atoms. The number of carbonyl (C=O) groups is 1. The maximum Gasteiger partial charge on any atom is 0.392 e. The van der Waals surface area contributed by atoms with Gasteiger partial charge in [0, 0.05) is 43.8 Å². The molecule has 8 nitrogen and oxygen atoms in total. The first-order valence-electron chi connectivity index (χ1n) is 11.8. The Kier molecular flexibility index (Phi) is 7.72. The number of aliphatic carboxylic acids is 1. The Labute approximate surface area is 215 Å². The molecule has 0 radical (unpaired) electrons. The smallest absolute Gasteiger partial charge is 0.392 e. The molecule has 1 aliphatic rings. The van der Waals surface area contributed by atoms with Crippen LogP contribution < -0.4 is 15.6 Å². The average Bonchev–Trinajstić information content (AvgIpc) is 2.79. The molecule has 0 aliphatic carbocycles. The van der Waals surface area contributed by atoms with Gasteiger partial charge in [-0.3, -0.25) is 19.1 Å². The molecule has 0 unspecified atom stereocenters. The second-order valence-electron chi connectivity index (χ2n) is 9.22. The Morgan fingerprint density at radius 1 is 1.18 bits per heavy atom. The van der Waals surface area contributed by atoms with Crippen molar-refractivity contribution in [3.63, 3.8) is 0 Å². The van der Waals surface area contributed by atoms with Crippen LogP contribution in [0.2, 0.25) is 0 Å². The van der Waals surface area contributed by atoms with E-state index >= 15 is 0 Å². The van der Waals surface area contributed by atoms with E-state index in [1.54, 1.807) is 0 Å². The van der Waals surface area contributed by atoms with Crippen LogP contribution in [-0.2, 0) is 11.3 Å². The van der Waals surface area contributed by atoms with Crippen molar-refractivity contribution in [1.82, 2.24) is 14.5 Å². The fraction of sp³-hybridized carbons (Fsp3) is 0.346. The predicted octanol–water partition coefficient (Wildman–Crippen LogP) is 4.58. The lowest BCUT2D eigenvalue weighted by Gasteiger charge is -2.37. The maximum atomic E-state index is 13.7. The summed E-state index contributed by atoms with van der Waals surface area (Å²) in [6.07, 6.45) is -2.77. The van der Waals surface area contributed by atoms with Crippen LogP contribution in [0.3, 0.4) is 0 Å². The summed E-state index contributed by atoms with van der Waals surface area (Å²) in [5, 5.41) is 11.8. The Morgan fingerprint density at radius 3 is 2.50 bits per heavy atom. The van der Waals surface area contributed by atoms with E-state index in [0.717, 1.165) is 28.8 Å². The van der Waals surface area contributed by atoms with Gasteiger partial charge in [0.2, 0.25) is 0 Å². The highest BCUT2D eigenvalue weighted by Crippen LogP contribution is 2.29. The first-order valence-corrected chi connectivity index (χ1v) is 11.8. The first kappa shape index (κ1) is 27.1. The lowest BCUT2D eigenvalue weighted by Crippen LogP contribution is -2.49. The molecular weight excluding hydrogens is 508 g/mol. The van der Waals surface area contributed by atoms with Crippen LogP contribution in [0, 0.1) is 25.6 Å². The molecule has 0 atom stereocenters. The van der Waals surface area contributed by atoms with Crippen LogP contribution in [0.1, 0.15) is 23.1 Å². The molecular formula is C26H26F4N4O4. The highest BCUT2D eigenvalue weighted by atomic mass is 19.4. The molecule has 2 aromatic carbocycles. The molecule has 3 aromatic rings. The van der Waals surface area contributed by atoms with Gasteiger partial charge in [-0.2, -0.15) is 13.2 Å². The fourth-order valence-corrected chi connectivity index (χ4v) is 4.26. The van der Waals surface area contributed by atoms with Gasteiger partial charge in [-0.05, 0) is 54.8 Å². The summed E-state index contributed by atoms with van der Waals surface area (Å²) in [7, 11) is 0. The molecule has 2 N–H and O–H groups in total. The zero-order valence-corrected chi connectivity index (χ0v) is 20.7. The van der Waals surface area contributed by atoms with E-state index in [4.69, 9.17) is 9.84 Å². The minimum absolute atomic E-state index is 0.0906. The number of nitrogens with zero attached hydrogens (tertiary/aromatic N) is 3. The number of benzene rings is 2. The monoisotopic (exact) mass is 534 g/mol. The van der Waals surface area contributed by atoms with Gasteiger partial charge in [0.05, 0.1) is 24.6 Å². The standard InChI is InChI=1S/C26H26F4N4O4/c1-15-9-19(10-16(2)20(15)14-33-12-17(13-33)25(36)37)34-7-6-31-23(24(34)35)32-21-4-3-18(27)11-22(21)38-8-5-26(28,29)30/h3-4,6-7,9-11,17H,5,8,12-14H2,1-2H3,(H,31,32)(H,36,37). The summed E-state index contributed by atoms with van der Waals surface area (Å²) >= 11 is 0. The van der Waals surface area contributed by atoms with E-state index in [-0.39, 0.29) is 23.2 Å². The molecule has 0 bridgehead atoms. The van der Waals surface area contributed by atoms with E-state index < -0.39 is 36.5 Å². The zero-order valence-electron chi connectivity index (χ0n) is 20.7. The van der Waals surface area contributed by atoms with E-state index in [1.165, 1.54) is 23.0 Å². The SMILES string of the molecule is Cc1cc(-n2ccnc(Nc3ccc(F)cc3OCCC(F)(F)F)c2=O)cc(C)c1CN1CC(C(=O)O)C1. The van der Waals surface area contributed by atoms with Gasteiger partial charge in [0.15, 0.2) is 5.82 Å². The number of carboxylic acid groups (broad SMARTS) is 1. The first-order chi connectivity index (χ1) is 17.9. The Balaban J connectivity index is 1.55. The van der Waals surface area contributed by atoms with Crippen LogP contribution in [0.4, 0.5) is 29.1 Å². The van der Waals surface area contributed by atoms with Gasteiger partial charge in [-0.15, -0.1) is 0 Å². The molecule has 202 valence electrons. The second-order valence-corrected chi connectivity index (χ2v) is 9.22. The number of halogens is 4. The van der Waals surface area contributed by atoms with Crippen molar-refractivity contribution >= 4 is 17.5 Å². The summed E-state index contributed by atoms with van der Waals surface area (Å²) in [6.45, 7) is 4.68. The largest absolute Gasteiger partial charge is 0.491 e. The van der Waals surface area contributed by atoms with Gasteiger partial charge in [-0.25, -0.2) is 9.37 Å². The molecule has 0 saturated carbocycles. The van der Waals surface area contributed by atoms with E-state index in [0.29, 0.717) is 25.3 Å². The van der Waals surface area contributed by atoms with Crippen molar-refractivity contribution < 1.29 is 32.2 Å². The van der Waals surface area contributed by atoms with E-state index in [9.17, 15) is 27.2 Å². The number of hydrogen-bond donors (Lipinski definition) is 2. The van der Waals surface area contributed by atoms with Gasteiger partial charge in [0.25, 0.3) is 5.56 Å². The van der Waals surface area contributed by atoms with E-state index in [1.807, 2.05) is 30.9 Å². The number of alkyl halides is 3. The van der Waals surface area contributed by atoms with Crippen molar-refractivity contribution in [3.05, 3.63) is 75.6 Å². The topological polar surface area (TPSA) is 96.7 Å². The van der Waals surface area contributed by atoms with Crippen molar-refractivity contribution in [2.24, 2.45) is 5.92 Å². The molecule has 2 heterocycles. The molecule has 1 aliphatic heterocycles. The lowest BCUT2D eigenvalue weighted by atomic mass is 9.96. The molecule has 1 fully saturated rings. The summed E-state index contributed by atoms with van der Waals surface area (Å²) in [6, 6.07) is 6.95. The fourth-order valence-electron chi connectivity index (χ4n) is 4.26. The Bertz CT molecular complexity index is 1380. The van der Waals surface area contributed by atoms with Crippen molar-refractivity contribution in [3.8, 4) is 11.4 Å². The molecule has 38 heavy (non-hydrogen) atoms. The minimum Gasteiger partial charge on any atom is -0.491 e. The van der Waals surface area contributed by atoms with Crippen LogP contribution >= 0.6 is 0 Å². The van der Waals surface area contributed by atoms with Gasteiger partial charge < -0.3 is 15.2 Å². The highest BCUT2D eigenvalue weighted by Gasteiger charge is 2.32. The van der Waals surface area contributed by atoms with Crippen LogP contribution in [0.25, 0.3) is 5.69 Å². The van der Waals surface area contributed by atoms with Crippen LogP contribution in [-0.4, -0.2) is 51.4 Å². The number of likely N-dealkylation sites (tertiary alicyclic amines) is 1. The number of ether oxygens (including phenoxy) is 1. The molecule has 4 rings (SSSR count). The van der Waals surface area contributed by atoms with Crippen molar-refractivity contribution in [2.75, 3.05) is 25.0 Å². The number of rotatable bonds is 9. The Morgan fingerprint density at radius 2 is 1.87 bits per heavy atom.